The lowest BCUT2D eigenvalue weighted by Crippen LogP contribution is -2.38. The Morgan fingerprint density at radius 3 is 2.46 bits per heavy atom. The van der Waals surface area contributed by atoms with Gasteiger partial charge < -0.3 is 19.5 Å². The van der Waals surface area contributed by atoms with Gasteiger partial charge in [-0.15, -0.1) is 0 Å². The van der Waals surface area contributed by atoms with Crippen molar-refractivity contribution in [1.82, 2.24) is 19.2 Å². The van der Waals surface area contributed by atoms with Crippen LogP contribution in [0.3, 0.4) is 0 Å². The van der Waals surface area contributed by atoms with Crippen molar-refractivity contribution < 1.29 is 13.9 Å². The topological polar surface area (TPSA) is 64.3 Å². The quantitative estimate of drug-likeness (QED) is 0.287. The molecule has 1 atom stereocenters. The first-order chi connectivity index (χ1) is 19.1. The second-order valence-corrected chi connectivity index (χ2v) is 9.37. The van der Waals surface area contributed by atoms with Crippen molar-refractivity contribution in [2.75, 3.05) is 12.4 Å². The van der Waals surface area contributed by atoms with Gasteiger partial charge in [-0.3, -0.25) is 0 Å². The lowest BCUT2D eigenvalue weighted by molar-refractivity contribution is 0.194. The van der Waals surface area contributed by atoms with Gasteiger partial charge in [-0.25, -0.2) is 13.9 Å². The van der Waals surface area contributed by atoms with E-state index >= 15 is 0 Å². The molecular weight excluding hydrogens is 493 g/mol. The van der Waals surface area contributed by atoms with Crippen LogP contribution in [0.25, 0.3) is 11.5 Å². The molecule has 8 heteroatoms. The third kappa shape index (κ3) is 4.33. The summed E-state index contributed by atoms with van der Waals surface area (Å²) in [5.41, 5.74) is 4.69. The van der Waals surface area contributed by atoms with E-state index in [0.717, 1.165) is 39.8 Å². The summed E-state index contributed by atoms with van der Waals surface area (Å²) in [5.74, 6) is 1.12. The summed E-state index contributed by atoms with van der Waals surface area (Å²) in [6.45, 7) is 2.34. The van der Waals surface area contributed by atoms with E-state index < -0.39 is 17.9 Å². The molecule has 0 fully saturated rings. The summed E-state index contributed by atoms with van der Waals surface area (Å²) in [4.78, 5) is 15.7. The van der Waals surface area contributed by atoms with E-state index in [1.54, 1.807) is 30.2 Å². The van der Waals surface area contributed by atoms with Crippen LogP contribution in [0.15, 0.2) is 97.2 Å². The molecular formula is C31H28FN5O2. The van der Waals surface area contributed by atoms with Crippen LogP contribution < -0.4 is 10.1 Å². The van der Waals surface area contributed by atoms with Gasteiger partial charge in [-0.2, -0.15) is 5.10 Å². The van der Waals surface area contributed by atoms with E-state index in [4.69, 9.17) is 9.84 Å². The van der Waals surface area contributed by atoms with Crippen molar-refractivity contribution in [3.63, 3.8) is 0 Å². The van der Waals surface area contributed by atoms with Gasteiger partial charge in [0.25, 0.3) is 0 Å². The maximum absolute atomic E-state index is 14.6. The number of halogens is 1. The van der Waals surface area contributed by atoms with Crippen LogP contribution in [0.2, 0.25) is 0 Å². The number of hydrogen-bond donors (Lipinski definition) is 1. The normalized spacial score (nSPS) is 14.3. The van der Waals surface area contributed by atoms with Crippen LogP contribution in [0.4, 0.5) is 14.9 Å². The smallest absolute Gasteiger partial charge is 0.323 e. The van der Waals surface area contributed by atoms with Gasteiger partial charge in [0, 0.05) is 11.8 Å². The number of nitrogens with one attached hydrogen (secondary N) is 1. The maximum atomic E-state index is 14.6. The fraction of sp³-hybridized carbons (Fsp3) is 0.161. The molecule has 2 aromatic heterocycles. The number of aryl methyl sites for hydroxylation is 1. The van der Waals surface area contributed by atoms with Crippen molar-refractivity contribution in [3.05, 3.63) is 126 Å². The first-order valence-electron chi connectivity index (χ1n) is 12.9. The molecule has 0 radical (unpaired) electrons. The van der Waals surface area contributed by atoms with E-state index in [9.17, 15) is 9.18 Å². The highest BCUT2D eigenvalue weighted by molar-refractivity contribution is 5.90. The number of carbonyl (C=O) groups excluding carboxylic acids is 1. The minimum Gasteiger partial charge on any atom is -0.497 e. The number of hydrogen-bond acceptors (Lipinski definition) is 3. The fourth-order valence-corrected chi connectivity index (χ4v) is 5.23. The largest absolute Gasteiger partial charge is 0.497 e. The van der Waals surface area contributed by atoms with Crippen molar-refractivity contribution in [2.24, 2.45) is 0 Å². The van der Waals surface area contributed by atoms with Crippen molar-refractivity contribution in [3.8, 4) is 17.3 Å². The number of aromatic nitrogens is 3. The number of fused-ring (bicyclic) bond motifs is 3. The van der Waals surface area contributed by atoms with Gasteiger partial charge in [-0.1, -0.05) is 49.4 Å². The van der Waals surface area contributed by atoms with Gasteiger partial charge in [-0.05, 0) is 60.5 Å². The molecule has 1 N–H and O–H groups in total. The molecule has 1 aliphatic rings. The molecule has 0 saturated heterocycles. The molecule has 0 unspecified atom stereocenters. The number of carbonyl (C=O) groups is 1. The number of urea groups is 1. The Balaban J connectivity index is 1.55. The zero-order valence-electron chi connectivity index (χ0n) is 21.7. The monoisotopic (exact) mass is 521 g/mol. The third-order valence-electron chi connectivity index (χ3n) is 7.11. The second kappa shape index (κ2) is 10.1. The minimum atomic E-state index is -0.489. The van der Waals surface area contributed by atoms with Crippen LogP contribution in [-0.4, -0.2) is 32.4 Å². The highest BCUT2D eigenvalue weighted by atomic mass is 19.1. The molecule has 0 saturated carbocycles. The number of para-hydroxylation sites is 2. The van der Waals surface area contributed by atoms with Gasteiger partial charge in [0.2, 0.25) is 0 Å². The standard InChI is InChI=1S/C31H28FN5O2/c1-3-26-24-20-36(31(38)33-27-13-8-7-12-25(27)32)29(21-15-17-23(39-2)18-16-21)28-14-9-19-35(28)30(24)37(34-26)22-10-5-4-6-11-22/h4-19,29H,3,20H2,1-2H3,(H,33,38)/t29-/m1/s1. The lowest BCUT2D eigenvalue weighted by Gasteiger charge is -2.31. The molecule has 3 heterocycles. The van der Waals surface area contributed by atoms with E-state index in [2.05, 4.69) is 16.8 Å². The van der Waals surface area contributed by atoms with Crippen LogP contribution >= 0.6 is 0 Å². The summed E-state index contributed by atoms with van der Waals surface area (Å²) in [6, 6.07) is 27.0. The predicted molar refractivity (Wildman–Crippen MR) is 148 cm³/mol. The number of rotatable bonds is 5. The third-order valence-corrected chi connectivity index (χ3v) is 7.11. The Labute approximate surface area is 226 Å². The van der Waals surface area contributed by atoms with E-state index in [-0.39, 0.29) is 12.2 Å². The van der Waals surface area contributed by atoms with Gasteiger partial charge in [0.1, 0.15) is 17.4 Å². The summed E-state index contributed by atoms with van der Waals surface area (Å²) < 4.78 is 24.0. The average molecular weight is 522 g/mol. The molecule has 196 valence electrons. The Hall–Kier alpha value is -4.85. The molecule has 0 bridgehead atoms. The number of ether oxygens (including phenoxy) is 1. The highest BCUT2D eigenvalue weighted by Crippen LogP contribution is 2.39. The highest BCUT2D eigenvalue weighted by Gasteiger charge is 2.36. The summed E-state index contributed by atoms with van der Waals surface area (Å²) in [7, 11) is 1.62. The number of methoxy groups -OCH3 is 1. The Morgan fingerprint density at radius 1 is 1.00 bits per heavy atom. The maximum Gasteiger partial charge on any atom is 0.323 e. The van der Waals surface area contributed by atoms with Crippen LogP contribution in [0.1, 0.15) is 35.5 Å². The zero-order chi connectivity index (χ0) is 26.9. The van der Waals surface area contributed by atoms with Gasteiger partial charge >= 0.3 is 6.03 Å². The first kappa shape index (κ1) is 24.5. The summed E-state index contributed by atoms with van der Waals surface area (Å²) in [5, 5.41) is 7.78. The van der Waals surface area contributed by atoms with Crippen LogP contribution in [0, 0.1) is 5.82 Å². The average Bonchev–Trinajstić information content (AvgIpc) is 3.56. The molecule has 1 aliphatic heterocycles. The van der Waals surface area contributed by atoms with Crippen LogP contribution in [0.5, 0.6) is 5.75 Å². The second-order valence-electron chi connectivity index (χ2n) is 9.37. The molecule has 3 aromatic carbocycles. The van der Waals surface area contributed by atoms with Crippen molar-refractivity contribution in [1.29, 1.82) is 0 Å². The van der Waals surface area contributed by atoms with E-state index in [0.29, 0.717) is 6.42 Å². The SMILES string of the molecule is CCc1nn(-c2ccccc2)c2c1CN(C(=O)Nc1ccccc1F)[C@H](c1ccc(OC)cc1)c1cccn1-2. The number of amides is 2. The zero-order valence-corrected chi connectivity index (χ0v) is 21.7. The number of nitrogens with zero attached hydrogens (tertiary/aromatic N) is 4. The lowest BCUT2D eigenvalue weighted by atomic mass is 10.0. The van der Waals surface area contributed by atoms with E-state index in [1.807, 2.05) is 77.6 Å². The van der Waals surface area contributed by atoms with Gasteiger partial charge in [0.15, 0.2) is 0 Å². The van der Waals surface area contributed by atoms with E-state index in [1.165, 1.54) is 6.07 Å². The van der Waals surface area contributed by atoms with Crippen molar-refractivity contribution in [2.45, 2.75) is 25.9 Å². The summed E-state index contributed by atoms with van der Waals surface area (Å²) in [6.07, 6.45) is 2.69. The molecule has 5 aromatic rings. The van der Waals surface area contributed by atoms with Gasteiger partial charge in [0.05, 0.1) is 42.5 Å². The molecule has 2 amide bonds. The molecule has 0 aliphatic carbocycles. The fourth-order valence-electron chi connectivity index (χ4n) is 5.23. The molecule has 0 spiro atoms. The Kier molecular flexibility index (Phi) is 6.36. The van der Waals surface area contributed by atoms with Crippen LogP contribution in [-0.2, 0) is 13.0 Å². The molecule has 39 heavy (non-hydrogen) atoms. The Morgan fingerprint density at radius 2 is 1.74 bits per heavy atom. The number of anilines is 1. The summed E-state index contributed by atoms with van der Waals surface area (Å²) >= 11 is 0. The first-order valence-corrected chi connectivity index (χ1v) is 12.9. The minimum absolute atomic E-state index is 0.131. The molecule has 7 nitrogen and oxygen atoms in total. The molecule has 6 rings (SSSR count). The predicted octanol–water partition coefficient (Wildman–Crippen LogP) is 6.51. The Bertz CT molecular complexity index is 1620. The van der Waals surface area contributed by atoms with Crippen molar-refractivity contribution >= 4 is 11.7 Å². The number of benzene rings is 3.